The molecule has 1 aromatic rings. The van der Waals surface area contributed by atoms with Crippen molar-refractivity contribution in [2.75, 3.05) is 37.6 Å². The lowest BCUT2D eigenvalue weighted by Gasteiger charge is -2.34. The van der Waals surface area contributed by atoms with Gasteiger partial charge in [0.15, 0.2) is 5.13 Å². The quantitative estimate of drug-likeness (QED) is 0.907. The number of amides is 2. The number of anilines is 1. The molecule has 20 heavy (non-hydrogen) atoms. The summed E-state index contributed by atoms with van der Waals surface area (Å²) in [5, 5.41) is 4.71. The predicted molar refractivity (Wildman–Crippen MR) is 70.1 cm³/mol. The number of piperazine rings is 1. The molecule has 1 aliphatic heterocycles. The van der Waals surface area contributed by atoms with Crippen LogP contribution in [0.15, 0.2) is 5.38 Å². The molecule has 2 amide bonds. The van der Waals surface area contributed by atoms with Crippen LogP contribution in [0.4, 0.5) is 23.1 Å². The zero-order valence-electron chi connectivity index (χ0n) is 10.9. The number of carbonyl (C=O) groups excluding carboxylic acids is 1. The van der Waals surface area contributed by atoms with E-state index in [-0.39, 0.29) is 0 Å². The minimum Gasteiger partial charge on any atom is -0.345 e. The molecule has 2 heterocycles. The largest absolute Gasteiger partial charge is 0.405 e. The highest BCUT2D eigenvalue weighted by Crippen LogP contribution is 2.21. The normalized spacial score (nSPS) is 16.4. The third-order valence-electron chi connectivity index (χ3n) is 2.88. The number of alkyl halides is 3. The number of carbonyl (C=O) groups is 1. The standard InChI is InChI=1S/C11H15F3N4OS/c1-8-6-20-10(16-8)18-4-2-17(3-5-18)9(19)15-7-11(12,13)14/h6H,2-5,7H2,1H3,(H,15,19). The fourth-order valence-electron chi connectivity index (χ4n) is 1.88. The summed E-state index contributed by atoms with van der Waals surface area (Å²) in [4.78, 5) is 19.3. The van der Waals surface area contributed by atoms with Crippen molar-refractivity contribution in [3.63, 3.8) is 0 Å². The van der Waals surface area contributed by atoms with Gasteiger partial charge in [-0.15, -0.1) is 11.3 Å². The van der Waals surface area contributed by atoms with Gasteiger partial charge >= 0.3 is 12.2 Å². The molecule has 1 aliphatic rings. The molecule has 1 fully saturated rings. The molecule has 1 aromatic heterocycles. The first kappa shape index (κ1) is 14.9. The van der Waals surface area contributed by atoms with Gasteiger partial charge < -0.3 is 15.1 Å². The van der Waals surface area contributed by atoms with E-state index in [2.05, 4.69) is 4.98 Å². The van der Waals surface area contributed by atoms with Crippen LogP contribution in [0.2, 0.25) is 0 Å². The van der Waals surface area contributed by atoms with Gasteiger partial charge in [-0.3, -0.25) is 0 Å². The second kappa shape index (κ2) is 5.86. The van der Waals surface area contributed by atoms with E-state index in [0.29, 0.717) is 26.2 Å². The van der Waals surface area contributed by atoms with Crippen molar-refractivity contribution < 1.29 is 18.0 Å². The zero-order valence-corrected chi connectivity index (χ0v) is 11.7. The Morgan fingerprint density at radius 3 is 2.55 bits per heavy atom. The van der Waals surface area contributed by atoms with Crippen LogP contribution in [0.1, 0.15) is 5.69 Å². The Bertz CT molecular complexity index is 468. The van der Waals surface area contributed by atoms with Crippen LogP contribution in [0.3, 0.4) is 0 Å². The Morgan fingerprint density at radius 2 is 2.05 bits per heavy atom. The van der Waals surface area contributed by atoms with E-state index in [9.17, 15) is 18.0 Å². The Balaban J connectivity index is 1.80. The van der Waals surface area contributed by atoms with E-state index < -0.39 is 18.8 Å². The molecule has 2 rings (SSSR count). The van der Waals surface area contributed by atoms with Gasteiger partial charge in [-0.05, 0) is 6.92 Å². The van der Waals surface area contributed by atoms with Gasteiger partial charge in [-0.2, -0.15) is 13.2 Å². The molecule has 1 saturated heterocycles. The molecule has 0 unspecified atom stereocenters. The number of aryl methyl sites for hydroxylation is 1. The second-order valence-corrected chi connectivity index (χ2v) is 5.36. The summed E-state index contributed by atoms with van der Waals surface area (Å²) in [6.45, 7) is 2.54. The van der Waals surface area contributed by atoms with Gasteiger partial charge in [0.2, 0.25) is 0 Å². The van der Waals surface area contributed by atoms with Crippen molar-refractivity contribution in [3.05, 3.63) is 11.1 Å². The monoisotopic (exact) mass is 308 g/mol. The highest BCUT2D eigenvalue weighted by Gasteiger charge is 2.29. The van der Waals surface area contributed by atoms with Crippen molar-refractivity contribution in [2.24, 2.45) is 0 Å². The minimum atomic E-state index is -4.38. The third-order valence-corrected chi connectivity index (χ3v) is 3.90. The summed E-state index contributed by atoms with van der Waals surface area (Å²) < 4.78 is 36.1. The van der Waals surface area contributed by atoms with Crippen molar-refractivity contribution in [1.82, 2.24) is 15.2 Å². The molecule has 1 N–H and O–H groups in total. The van der Waals surface area contributed by atoms with Gasteiger partial charge in [-0.25, -0.2) is 9.78 Å². The van der Waals surface area contributed by atoms with Crippen molar-refractivity contribution in [2.45, 2.75) is 13.1 Å². The fourth-order valence-corrected chi connectivity index (χ4v) is 2.73. The molecule has 112 valence electrons. The molecule has 0 aliphatic carbocycles. The highest BCUT2D eigenvalue weighted by atomic mass is 32.1. The molecule has 0 aromatic carbocycles. The SMILES string of the molecule is Cc1csc(N2CCN(C(=O)NCC(F)(F)F)CC2)n1. The van der Waals surface area contributed by atoms with Gasteiger partial charge in [-0.1, -0.05) is 0 Å². The predicted octanol–water partition coefficient (Wildman–Crippen LogP) is 1.85. The Morgan fingerprint density at radius 1 is 1.40 bits per heavy atom. The zero-order chi connectivity index (χ0) is 14.8. The van der Waals surface area contributed by atoms with Gasteiger partial charge in [0.25, 0.3) is 0 Å². The lowest BCUT2D eigenvalue weighted by atomic mass is 10.3. The van der Waals surface area contributed by atoms with E-state index in [4.69, 9.17) is 0 Å². The Kier molecular flexibility index (Phi) is 4.36. The Hall–Kier alpha value is -1.51. The summed E-state index contributed by atoms with van der Waals surface area (Å²) in [6, 6.07) is -0.669. The van der Waals surface area contributed by atoms with Gasteiger partial charge in [0, 0.05) is 31.6 Å². The third kappa shape index (κ3) is 3.99. The first-order valence-corrected chi connectivity index (χ1v) is 7.00. The van der Waals surface area contributed by atoms with Crippen LogP contribution in [0.25, 0.3) is 0 Å². The molecule has 0 bridgehead atoms. The van der Waals surface area contributed by atoms with Crippen molar-refractivity contribution in [1.29, 1.82) is 0 Å². The van der Waals surface area contributed by atoms with E-state index in [1.165, 1.54) is 16.2 Å². The molecular formula is C11H15F3N4OS. The number of nitrogens with one attached hydrogen (secondary N) is 1. The number of aromatic nitrogens is 1. The highest BCUT2D eigenvalue weighted by molar-refractivity contribution is 7.13. The first-order valence-electron chi connectivity index (χ1n) is 6.12. The minimum absolute atomic E-state index is 0.391. The number of nitrogens with zero attached hydrogens (tertiary/aromatic N) is 3. The van der Waals surface area contributed by atoms with Crippen molar-refractivity contribution in [3.8, 4) is 0 Å². The maximum Gasteiger partial charge on any atom is 0.405 e. The van der Waals surface area contributed by atoms with Crippen LogP contribution in [-0.4, -0.2) is 54.8 Å². The average molecular weight is 308 g/mol. The summed E-state index contributed by atoms with van der Waals surface area (Å²) in [6.07, 6.45) is -4.38. The lowest BCUT2D eigenvalue weighted by molar-refractivity contribution is -0.123. The number of thiazole rings is 1. The molecule has 5 nitrogen and oxygen atoms in total. The van der Waals surface area contributed by atoms with E-state index in [1.54, 1.807) is 0 Å². The number of urea groups is 1. The number of hydrogen-bond donors (Lipinski definition) is 1. The maximum atomic E-state index is 12.0. The average Bonchev–Trinajstić information content (AvgIpc) is 2.82. The smallest absolute Gasteiger partial charge is 0.345 e. The second-order valence-electron chi connectivity index (χ2n) is 4.52. The number of rotatable bonds is 2. The summed E-state index contributed by atoms with van der Waals surface area (Å²) in [5.74, 6) is 0. The van der Waals surface area contributed by atoms with E-state index in [1.807, 2.05) is 22.5 Å². The van der Waals surface area contributed by atoms with Crippen molar-refractivity contribution >= 4 is 22.5 Å². The maximum absolute atomic E-state index is 12.0. The van der Waals surface area contributed by atoms with Gasteiger partial charge in [0.1, 0.15) is 6.54 Å². The molecule has 0 atom stereocenters. The van der Waals surface area contributed by atoms with Crippen LogP contribution < -0.4 is 10.2 Å². The molecule has 0 spiro atoms. The van der Waals surface area contributed by atoms with E-state index in [0.717, 1.165) is 10.8 Å². The van der Waals surface area contributed by atoms with Crippen LogP contribution in [0, 0.1) is 6.92 Å². The van der Waals surface area contributed by atoms with Crippen LogP contribution >= 0.6 is 11.3 Å². The first-order chi connectivity index (χ1) is 9.35. The van der Waals surface area contributed by atoms with Crippen LogP contribution in [0.5, 0.6) is 0 Å². The topological polar surface area (TPSA) is 48.5 Å². The number of hydrogen-bond acceptors (Lipinski definition) is 4. The lowest BCUT2D eigenvalue weighted by Crippen LogP contribution is -2.53. The van der Waals surface area contributed by atoms with E-state index >= 15 is 0 Å². The molecule has 9 heteroatoms. The summed E-state index contributed by atoms with van der Waals surface area (Å²) in [5.41, 5.74) is 0.940. The molecule has 0 radical (unpaired) electrons. The summed E-state index contributed by atoms with van der Waals surface area (Å²) >= 11 is 1.53. The number of halogens is 3. The van der Waals surface area contributed by atoms with Crippen LogP contribution in [-0.2, 0) is 0 Å². The fraction of sp³-hybridized carbons (Fsp3) is 0.636. The van der Waals surface area contributed by atoms with Gasteiger partial charge in [0.05, 0.1) is 5.69 Å². The Labute approximate surface area is 118 Å². The molecule has 0 saturated carbocycles. The summed E-state index contributed by atoms with van der Waals surface area (Å²) in [7, 11) is 0. The molecular weight excluding hydrogens is 293 g/mol.